The number of hydrogen-bond donors (Lipinski definition) is 1. The van der Waals surface area contributed by atoms with Crippen LogP contribution in [-0.2, 0) is 4.79 Å². The van der Waals surface area contributed by atoms with E-state index in [4.69, 9.17) is 0 Å². The smallest absolute Gasteiger partial charge is 0.223 e. The Hall–Kier alpha value is -2.09. The summed E-state index contributed by atoms with van der Waals surface area (Å²) in [5.74, 6) is 0.410. The monoisotopic (exact) mass is 265 g/mol. The van der Waals surface area contributed by atoms with Gasteiger partial charge in [0.2, 0.25) is 5.91 Å². The maximum Gasteiger partial charge on any atom is 0.223 e. The molecule has 1 saturated carbocycles. The average Bonchev–Trinajstić information content (AvgIpc) is 3.31. The molecule has 3 rings (SSSR count). The maximum absolute atomic E-state index is 12.2. The van der Waals surface area contributed by atoms with E-state index in [2.05, 4.69) is 36.5 Å². The molecule has 102 valence electrons. The van der Waals surface area contributed by atoms with Crippen molar-refractivity contribution in [2.45, 2.75) is 25.8 Å². The van der Waals surface area contributed by atoms with E-state index in [-0.39, 0.29) is 17.9 Å². The number of aryl methyl sites for hydroxylation is 1. The Labute approximate surface area is 119 Å². The lowest BCUT2D eigenvalue weighted by Crippen LogP contribution is -2.30. The summed E-state index contributed by atoms with van der Waals surface area (Å²) in [4.78, 5) is 12.2. The SMILES string of the molecule is Cc1ccccc1C(NC(=O)C1CC1)c1ccccc1. The molecular formula is C18H19NO. The van der Waals surface area contributed by atoms with E-state index in [9.17, 15) is 4.79 Å². The molecule has 1 amide bonds. The molecule has 0 radical (unpaired) electrons. The fourth-order valence-electron chi connectivity index (χ4n) is 2.50. The molecule has 2 nitrogen and oxygen atoms in total. The summed E-state index contributed by atoms with van der Waals surface area (Å²) in [5.41, 5.74) is 3.51. The fourth-order valence-corrected chi connectivity index (χ4v) is 2.50. The van der Waals surface area contributed by atoms with Crippen molar-refractivity contribution in [2.75, 3.05) is 0 Å². The molecule has 1 aliphatic rings. The summed E-state index contributed by atoms with van der Waals surface area (Å²) in [5, 5.41) is 3.21. The molecule has 1 aliphatic carbocycles. The first-order valence-electron chi connectivity index (χ1n) is 7.16. The zero-order valence-electron chi connectivity index (χ0n) is 11.7. The van der Waals surface area contributed by atoms with E-state index in [0.29, 0.717) is 0 Å². The van der Waals surface area contributed by atoms with Gasteiger partial charge >= 0.3 is 0 Å². The predicted molar refractivity (Wildman–Crippen MR) is 80.3 cm³/mol. The van der Waals surface area contributed by atoms with Crippen LogP contribution in [0.15, 0.2) is 54.6 Å². The molecule has 20 heavy (non-hydrogen) atoms. The summed E-state index contributed by atoms with van der Waals surface area (Å²) in [7, 11) is 0. The van der Waals surface area contributed by atoms with Crippen LogP contribution in [0, 0.1) is 12.8 Å². The van der Waals surface area contributed by atoms with Crippen LogP contribution in [0.25, 0.3) is 0 Å². The Bertz CT molecular complexity index is 602. The Balaban J connectivity index is 1.94. The van der Waals surface area contributed by atoms with Crippen molar-refractivity contribution in [3.8, 4) is 0 Å². The second kappa shape index (κ2) is 5.49. The van der Waals surface area contributed by atoms with Crippen molar-refractivity contribution in [2.24, 2.45) is 5.92 Å². The number of carbonyl (C=O) groups is 1. The van der Waals surface area contributed by atoms with Crippen molar-refractivity contribution in [1.82, 2.24) is 5.32 Å². The molecule has 1 atom stereocenters. The second-order valence-corrected chi connectivity index (χ2v) is 5.48. The van der Waals surface area contributed by atoms with E-state index in [1.54, 1.807) is 0 Å². The number of nitrogens with one attached hydrogen (secondary N) is 1. The minimum absolute atomic E-state index is 0.0505. The molecule has 0 aromatic heterocycles. The molecule has 0 heterocycles. The van der Waals surface area contributed by atoms with Gasteiger partial charge in [0.15, 0.2) is 0 Å². The van der Waals surface area contributed by atoms with Crippen LogP contribution in [0.3, 0.4) is 0 Å². The molecule has 0 bridgehead atoms. The first-order valence-corrected chi connectivity index (χ1v) is 7.16. The standard InChI is InChI=1S/C18H19NO/c1-13-7-5-6-10-16(13)17(14-8-3-2-4-9-14)19-18(20)15-11-12-15/h2-10,15,17H,11-12H2,1H3,(H,19,20). The van der Waals surface area contributed by atoms with Gasteiger partial charge in [0.1, 0.15) is 0 Å². The molecule has 0 spiro atoms. The highest BCUT2D eigenvalue weighted by Crippen LogP contribution is 2.31. The van der Waals surface area contributed by atoms with Crippen LogP contribution in [0.1, 0.15) is 35.6 Å². The Morgan fingerprint density at radius 1 is 1.05 bits per heavy atom. The summed E-state index contributed by atoms with van der Waals surface area (Å²) in [6, 6.07) is 18.4. The van der Waals surface area contributed by atoms with Gasteiger partial charge in [-0.2, -0.15) is 0 Å². The number of carbonyl (C=O) groups excluding carboxylic acids is 1. The zero-order chi connectivity index (χ0) is 13.9. The van der Waals surface area contributed by atoms with Gasteiger partial charge in [-0.25, -0.2) is 0 Å². The van der Waals surface area contributed by atoms with Gasteiger partial charge in [-0.1, -0.05) is 54.6 Å². The van der Waals surface area contributed by atoms with Gasteiger partial charge in [-0.15, -0.1) is 0 Å². The number of hydrogen-bond acceptors (Lipinski definition) is 1. The van der Waals surface area contributed by atoms with Crippen LogP contribution < -0.4 is 5.32 Å². The predicted octanol–water partition coefficient (Wildman–Crippen LogP) is 3.61. The molecule has 2 aromatic rings. The summed E-state index contributed by atoms with van der Waals surface area (Å²) < 4.78 is 0. The van der Waals surface area contributed by atoms with Gasteiger partial charge in [0.05, 0.1) is 6.04 Å². The molecule has 2 aromatic carbocycles. The van der Waals surface area contributed by atoms with Crippen molar-refractivity contribution in [3.05, 3.63) is 71.3 Å². The van der Waals surface area contributed by atoms with Gasteiger partial charge in [-0.05, 0) is 36.5 Å². The fraction of sp³-hybridized carbons (Fsp3) is 0.278. The highest BCUT2D eigenvalue weighted by atomic mass is 16.2. The van der Waals surface area contributed by atoms with Gasteiger partial charge < -0.3 is 5.32 Å². The summed E-state index contributed by atoms with van der Waals surface area (Å²) in [6.45, 7) is 2.09. The third kappa shape index (κ3) is 2.74. The summed E-state index contributed by atoms with van der Waals surface area (Å²) >= 11 is 0. The highest BCUT2D eigenvalue weighted by molar-refractivity contribution is 5.81. The second-order valence-electron chi connectivity index (χ2n) is 5.48. The molecular weight excluding hydrogens is 246 g/mol. The quantitative estimate of drug-likeness (QED) is 0.899. The lowest BCUT2D eigenvalue weighted by Gasteiger charge is -2.21. The minimum atomic E-state index is -0.0505. The van der Waals surface area contributed by atoms with Crippen LogP contribution >= 0.6 is 0 Å². The third-order valence-electron chi connectivity index (χ3n) is 3.87. The van der Waals surface area contributed by atoms with Gasteiger partial charge in [-0.3, -0.25) is 4.79 Å². The van der Waals surface area contributed by atoms with Crippen LogP contribution in [0.4, 0.5) is 0 Å². The zero-order valence-corrected chi connectivity index (χ0v) is 11.7. The molecule has 0 saturated heterocycles. The highest BCUT2D eigenvalue weighted by Gasteiger charge is 2.31. The molecule has 1 unspecified atom stereocenters. The largest absolute Gasteiger partial charge is 0.345 e. The van der Waals surface area contributed by atoms with E-state index < -0.39 is 0 Å². The van der Waals surface area contributed by atoms with E-state index >= 15 is 0 Å². The van der Waals surface area contributed by atoms with Crippen molar-refractivity contribution in [1.29, 1.82) is 0 Å². The normalized spacial score (nSPS) is 15.7. The Morgan fingerprint density at radius 3 is 2.35 bits per heavy atom. The lowest BCUT2D eigenvalue weighted by molar-refractivity contribution is -0.122. The Kier molecular flexibility index (Phi) is 3.55. The molecule has 2 heteroatoms. The van der Waals surface area contributed by atoms with Crippen LogP contribution in [0.2, 0.25) is 0 Å². The minimum Gasteiger partial charge on any atom is -0.345 e. The van der Waals surface area contributed by atoms with E-state index in [1.165, 1.54) is 11.1 Å². The first kappa shape index (κ1) is 12.9. The first-order chi connectivity index (χ1) is 9.75. The van der Waals surface area contributed by atoms with E-state index in [1.807, 2.05) is 30.3 Å². The molecule has 1 N–H and O–H groups in total. The molecule has 0 aliphatic heterocycles. The van der Waals surface area contributed by atoms with Crippen molar-refractivity contribution >= 4 is 5.91 Å². The van der Waals surface area contributed by atoms with Gasteiger partial charge in [0, 0.05) is 5.92 Å². The van der Waals surface area contributed by atoms with E-state index in [0.717, 1.165) is 18.4 Å². The number of amides is 1. The van der Waals surface area contributed by atoms with Crippen molar-refractivity contribution in [3.63, 3.8) is 0 Å². The number of rotatable bonds is 4. The maximum atomic E-state index is 12.2. The van der Waals surface area contributed by atoms with Crippen LogP contribution in [-0.4, -0.2) is 5.91 Å². The van der Waals surface area contributed by atoms with Gasteiger partial charge in [0.25, 0.3) is 0 Å². The lowest BCUT2D eigenvalue weighted by atomic mass is 9.95. The summed E-state index contributed by atoms with van der Waals surface area (Å²) in [6.07, 6.45) is 2.06. The van der Waals surface area contributed by atoms with Crippen LogP contribution in [0.5, 0.6) is 0 Å². The average molecular weight is 265 g/mol. The Morgan fingerprint density at radius 2 is 1.70 bits per heavy atom. The molecule has 1 fully saturated rings. The topological polar surface area (TPSA) is 29.1 Å². The number of benzene rings is 2. The third-order valence-corrected chi connectivity index (χ3v) is 3.87. The van der Waals surface area contributed by atoms with Crippen molar-refractivity contribution < 1.29 is 4.79 Å².